The van der Waals surface area contributed by atoms with E-state index >= 15 is 0 Å². The van der Waals surface area contributed by atoms with Crippen LogP contribution in [0, 0.1) is 0 Å². The van der Waals surface area contributed by atoms with Gasteiger partial charge in [0.05, 0.1) is 11.4 Å². The first-order valence-corrected chi connectivity index (χ1v) is 11.8. The molecule has 3 aromatic rings. The Morgan fingerprint density at radius 3 is 2.55 bits per heavy atom. The van der Waals surface area contributed by atoms with Gasteiger partial charge < -0.3 is 14.4 Å². The van der Waals surface area contributed by atoms with Crippen molar-refractivity contribution >= 4 is 23.2 Å². The van der Waals surface area contributed by atoms with Crippen molar-refractivity contribution in [2.75, 3.05) is 13.1 Å². The molecule has 2 amide bonds. The van der Waals surface area contributed by atoms with Gasteiger partial charge in [0.25, 0.3) is 5.91 Å². The Morgan fingerprint density at radius 2 is 1.87 bits per heavy atom. The molecular weight excluding hydrogens is 406 g/mol. The number of hydrogen-bond acceptors (Lipinski definition) is 3. The van der Waals surface area contributed by atoms with Gasteiger partial charge >= 0.3 is 0 Å². The molecule has 0 atom stereocenters. The van der Waals surface area contributed by atoms with Crippen molar-refractivity contribution in [2.45, 2.75) is 45.3 Å². The first-order valence-electron chi connectivity index (χ1n) is 11.0. The number of carbonyl (C=O) groups excluding carboxylic acids is 2. The second-order valence-corrected chi connectivity index (χ2v) is 9.02. The van der Waals surface area contributed by atoms with E-state index in [0.717, 1.165) is 31.5 Å². The van der Waals surface area contributed by atoms with Gasteiger partial charge in [-0.05, 0) is 48.4 Å². The fourth-order valence-corrected chi connectivity index (χ4v) is 4.53. The summed E-state index contributed by atoms with van der Waals surface area (Å²) in [5.74, 6) is -0.0123. The van der Waals surface area contributed by atoms with E-state index in [0.29, 0.717) is 18.0 Å². The maximum absolute atomic E-state index is 13.3. The number of thiophene rings is 1. The summed E-state index contributed by atoms with van der Waals surface area (Å²) >= 11 is 1.43. The van der Waals surface area contributed by atoms with Crippen LogP contribution in [-0.4, -0.2) is 45.3 Å². The summed E-state index contributed by atoms with van der Waals surface area (Å²) in [6, 6.07) is 18.5. The van der Waals surface area contributed by atoms with Crippen molar-refractivity contribution in [3.05, 3.63) is 82.3 Å². The molecule has 2 heterocycles. The second-order valence-electron chi connectivity index (χ2n) is 8.07. The summed E-state index contributed by atoms with van der Waals surface area (Å²) in [7, 11) is 0. The number of hydrogen-bond donors (Lipinski definition) is 0. The van der Waals surface area contributed by atoms with Crippen LogP contribution < -0.4 is 0 Å². The van der Waals surface area contributed by atoms with Crippen LogP contribution in [0.5, 0.6) is 0 Å². The van der Waals surface area contributed by atoms with Crippen molar-refractivity contribution < 1.29 is 9.59 Å². The van der Waals surface area contributed by atoms with Gasteiger partial charge in [-0.1, -0.05) is 43.3 Å². The maximum atomic E-state index is 13.3. The molecule has 0 N–H and O–H groups in total. The number of benzene rings is 1. The predicted molar refractivity (Wildman–Crippen MR) is 124 cm³/mol. The van der Waals surface area contributed by atoms with E-state index in [9.17, 15) is 9.59 Å². The first-order chi connectivity index (χ1) is 15.2. The molecule has 4 rings (SSSR count). The molecule has 0 radical (unpaired) electrons. The number of aromatic nitrogens is 1. The lowest BCUT2D eigenvalue weighted by molar-refractivity contribution is -0.133. The molecule has 1 aliphatic carbocycles. The predicted octanol–water partition coefficient (Wildman–Crippen LogP) is 4.64. The number of nitrogens with zero attached hydrogens (tertiary/aromatic N) is 3. The van der Waals surface area contributed by atoms with Gasteiger partial charge in [0.2, 0.25) is 5.91 Å². The Labute approximate surface area is 187 Å². The SMILES string of the molecule is CCCN(CC(=O)N(Cc1cccn1Cc1ccccc1)C1CC1)C(=O)c1cccs1. The maximum Gasteiger partial charge on any atom is 0.264 e. The third kappa shape index (κ3) is 5.44. The lowest BCUT2D eigenvalue weighted by atomic mass is 10.2. The molecule has 5 nitrogen and oxygen atoms in total. The van der Waals surface area contributed by atoms with Crippen molar-refractivity contribution in [3.8, 4) is 0 Å². The molecule has 31 heavy (non-hydrogen) atoms. The largest absolute Gasteiger partial charge is 0.345 e. The average molecular weight is 436 g/mol. The minimum absolute atomic E-state index is 0.0355. The van der Waals surface area contributed by atoms with E-state index in [-0.39, 0.29) is 24.4 Å². The number of rotatable bonds is 10. The Bertz CT molecular complexity index is 993. The number of amides is 2. The molecule has 0 saturated heterocycles. The summed E-state index contributed by atoms with van der Waals surface area (Å²) in [4.78, 5) is 30.5. The summed E-state index contributed by atoms with van der Waals surface area (Å²) in [6.45, 7) is 4.13. The molecule has 6 heteroatoms. The van der Waals surface area contributed by atoms with Crippen LogP contribution in [0.25, 0.3) is 0 Å². The Hall–Kier alpha value is -2.86. The third-order valence-corrected chi connectivity index (χ3v) is 6.46. The van der Waals surface area contributed by atoms with E-state index in [1.165, 1.54) is 16.9 Å². The van der Waals surface area contributed by atoms with Crippen LogP contribution in [0.15, 0.2) is 66.2 Å². The summed E-state index contributed by atoms with van der Waals surface area (Å²) in [5, 5.41) is 1.90. The van der Waals surface area contributed by atoms with Gasteiger partial charge in [-0.25, -0.2) is 0 Å². The zero-order chi connectivity index (χ0) is 21.6. The Balaban J connectivity index is 1.46. The fraction of sp³-hybridized carbons (Fsp3) is 0.360. The number of carbonyl (C=O) groups is 2. The molecule has 0 bridgehead atoms. The van der Waals surface area contributed by atoms with Crippen molar-refractivity contribution in [3.63, 3.8) is 0 Å². The lowest BCUT2D eigenvalue weighted by Crippen LogP contribution is -2.44. The smallest absolute Gasteiger partial charge is 0.264 e. The minimum atomic E-state index is -0.0478. The normalized spacial score (nSPS) is 13.2. The monoisotopic (exact) mass is 435 g/mol. The molecule has 0 aliphatic heterocycles. The Kier molecular flexibility index (Phi) is 6.87. The van der Waals surface area contributed by atoms with Gasteiger partial charge in [0, 0.05) is 31.0 Å². The van der Waals surface area contributed by atoms with Crippen LogP contribution in [0.4, 0.5) is 0 Å². The third-order valence-electron chi connectivity index (χ3n) is 5.60. The van der Waals surface area contributed by atoms with Gasteiger partial charge in [0.15, 0.2) is 0 Å². The van der Waals surface area contributed by atoms with E-state index < -0.39 is 0 Å². The quantitative estimate of drug-likeness (QED) is 0.466. The molecule has 162 valence electrons. The fourth-order valence-electron chi connectivity index (χ4n) is 3.84. The van der Waals surface area contributed by atoms with Gasteiger partial charge in [-0.2, -0.15) is 0 Å². The summed E-state index contributed by atoms with van der Waals surface area (Å²) in [6.07, 6.45) is 4.98. The molecule has 1 fully saturated rings. The zero-order valence-electron chi connectivity index (χ0n) is 17.9. The molecule has 0 unspecified atom stereocenters. The van der Waals surface area contributed by atoms with Crippen LogP contribution in [0.2, 0.25) is 0 Å². The molecule has 1 aromatic carbocycles. The molecule has 2 aromatic heterocycles. The molecule has 1 saturated carbocycles. The van der Waals surface area contributed by atoms with Gasteiger partial charge in [-0.15, -0.1) is 11.3 Å². The molecule has 0 spiro atoms. The first kappa shape index (κ1) is 21.4. The van der Waals surface area contributed by atoms with E-state index in [4.69, 9.17) is 0 Å². The second kappa shape index (κ2) is 9.96. The standard InChI is InChI=1S/C25H29N3O2S/c1-2-14-27(25(30)23-11-7-16-31-23)19-24(29)28(21-12-13-21)18-22-10-6-15-26(22)17-20-8-4-3-5-9-20/h3-11,15-16,21H,2,12-14,17-19H2,1H3. The van der Waals surface area contributed by atoms with E-state index in [1.54, 1.807) is 4.90 Å². The average Bonchev–Trinajstić information content (AvgIpc) is 3.28. The van der Waals surface area contributed by atoms with Crippen LogP contribution >= 0.6 is 11.3 Å². The van der Waals surface area contributed by atoms with Crippen molar-refractivity contribution in [1.82, 2.24) is 14.4 Å². The van der Waals surface area contributed by atoms with Crippen LogP contribution in [0.3, 0.4) is 0 Å². The summed E-state index contributed by atoms with van der Waals surface area (Å²) < 4.78 is 2.21. The van der Waals surface area contributed by atoms with Crippen LogP contribution in [-0.2, 0) is 17.9 Å². The molecule has 1 aliphatic rings. The topological polar surface area (TPSA) is 45.6 Å². The van der Waals surface area contributed by atoms with E-state index in [2.05, 4.69) is 29.0 Å². The lowest BCUT2D eigenvalue weighted by Gasteiger charge is -2.28. The highest BCUT2D eigenvalue weighted by molar-refractivity contribution is 7.12. The highest BCUT2D eigenvalue weighted by Crippen LogP contribution is 2.29. The highest BCUT2D eigenvalue weighted by atomic mass is 32.1. The van der Waals surface area contributed by atoms with Crippen molar-refractivity contribution in [1.29, 1.82) is 0 Å². The zero-order valence-corrected chi connectivity index (χ0v) is 18.8. The van der Waals surface area contributed by atoms with Crippen molar-refractivity contribution in [2.24, 2.45) is 0 Å². The minimum Gasteiger partial charge on any atom is -0.345 e. The summed E-state index contributed by atoms with van der Waals surface area (Å²) in [5.41, 5.74) is 2.36. The molecular formula is C25H29N3O2S. The van der Waals surface area contributed by atoms with Gasteiger partial charge in [-0.3, -0.25) is 9.59 Å². The Morgan fingerprint density at radius 1 is 1.06 bits per heavy atom. The van der Waals surface area contributed by atoms with Gasteiger partial charge in [0.1, 0.15) is 6.54 Å². The highest BCUT2D eigenvalue weighted by Gasteiger charge is 2.34. The van der Waals surface area contributed by atoms with E-state index in [1.807, 2.05) is 53.6 Å². The van der Waals surface area contributed by atoms with Crippen LogP contribution in [0.1, 0.15) is 47.1 Å².